The molecule has 3 rings (SSSR count). The van der Waals surface area contributed by atoms with Crippen LogP contribution >= 0.6 is 11.8 Å². The number of thioether (sulfide) groups is 1. The largest absolute Gasteiger partial charge is 0.346 e. The van der Waals surface area contributed by atoms with Crippen LogP contribution in [0.4, 0.5) is 10.1 Å². The van der Waals surface area contributed by atoms with E-state index >= 15 is 0 Å². The van der Waals surface area contributed by atoms with Gasteiger partial charge >= 0.3 is 0 Å². The van der Waals surface area contributed by atoms with E-state index in [1.165, 1.54) is 36.0 Å². The minimum atomic E-state index is -0.377. The zero-order valence-electron chi connectivity index (χ0n) is 14.4. The summed E-state index contributed by atoms with van der Waals surface area (Å²) >= 11 is 1.31. The van der Waals surface area contributed by atoms with E-state index in [2.05, 4.69) is 20.8 Å². The lowest BCUT2D eigenvalue weighted by Gasteiger charge is -2.08. The predicted octanol–water partition coefficient (Wildman–Crippen LogP) is 2.16. The Bertz CT molecular complexity index is 789. The van der Waals surface area contributed by atoms with Crippen molar-refractivity contribution in [2.24, 2.45) is 0 Å². The van der Waals surface area contributed by atoms with Crippen LogP contribution in [0.3, 0.4) is 0 Å². The normalized spacial score (nSPS) is 13.5. The fraction of sp³-hybridized carbons (Fsp3) is 0.412. The van der Waals surface area contributed by atoms with Gasteiger partial charge in [0.25, 0.3) is 0 Å². The van der Waals surface area contributed by atoms with Crippen LogP contribution < -0.4 is 10.6 Å². The summed E-state index contributed by atoms with van der Waals surface area (Å²) in [6.45, 7) is 2.65. The summed E-state index contributed by atoms with van der Waals surface area (Å²) in [4.78, 5) is 23.8. The molecular weight excluding hydrogens is 357 g/mol. The molecule has 0 aliphatic heterocycles. The standard InChI is InChI=1S/C17H20FN5O2S/c1-2-23-16(11-3-4-11)21-22-17(23)26-10-15(25)19-9-14(24)20-13-7-5-12(18)6-8-13/h5-8,11H,2-4,9-10H2,1H3,(H,19,25)(H,20,24). The maximum absolute atomic E-state index is 12.8. The van der Waals surface area contributed by atoms with Gasteiger partial charge in [0, 0.05) is 18.2 Å². The predicted molar refractivity (Wildman–Crippen MR) is 96.4 cm³/mol. The van der Waals surface area contributed by atoms with Crippen molar-refractivity contribution in [1.29, 1.82) is 0 Å². The summed E-state index contributed by atoms with van der Waals surface area (Å²) in [5, 5.41) is 14.3. The maximum Gasteiger partial charge on any atom is 0.243 e. The Kier molecular flexibility index (Phi) is 5.87. The molecule has 0 unspecified atom stereocenters. The van der Waals surface area contributed by atoms with Gasteiger partial charge < -0.3 is 15.2 Å². The number of hydrogen-bond donors (Lipinski definition) is 2. The second-order valence-electron chi connectivity index (χ2n) is 5.98. The number of halogens is 1. The minimum Gasteiger partial charge on any atom is -0.346 e. The van der Waals surface area contributed by atoms with E-state index in [4.69, 9.17) is 0 Å². The van der Waals surface area contributed by atoms with Crippen LogP contribution in [0, 0.1) is 5.82 Å². The number of amides is 2. The van der Waals surface area contributed by atoms with E-state index in [0.29, 0.717) is 11.6 Å². The number of anilines is 1. The van der Waals surface area contributed by atoms with Gasteiger partial charge in [0.15, 0.2) is 5.16 Å². The van der Waals surface area contributed by atoms with Crippen LogP contribution in [-0.4, -0.2) is 38.9 Å². The highest BCUT2D eigenvalue weighted by Gasteiger charge is 2.30. The number of carbonyl (C=O) groups is 2. The number of nitrogens with one attached hydrogen (secondary N) is 2. The summed E-state index contributed by atoms with van der Waals surface area (Å²) in [5.74, 6) is 0.644. The first kappa shape index (κ1) is 18.4. The van der Waals surface area contributed by atoms with E-state index < -0.39 is 0 Å². The SMILES string of the molecule is CCn1c(SCC(=O)NCC(=O)Nc2ccc(F)cc2)nnc1C1CC1. The lowest BCUT2D eigenvalue weighted by Crippen LogP contribution is -2.33. The highest BCUT2D eigenvalue weighted by atomic mass is 32.2. The second kappa shape index (κ2) is 8.31. The highest BCUT2D eigenvalue weighted by molar-refractivity contribution is 7.99. The van der Waals surface area contributed by atoms with Gasteiger partial charge in [0.1, 0.15) is 11.6 Å². The Morgan fingerprint density at radius 3 is 2.62 bits per heavy atom. The topological polar surface area (TPSA) is 88.9 Å². The molecule has 0 atom stereocenters. The molecule has 2 aromatic rings. The molecule has 2 amide bonds. The molecule has 1 heterocycles. The van der Waals surface area contributed by atoms with Gasteiger partial charge in [-0.05, 0) is 44.0 Å². The van der Waals surface area contributed by atoms with Crippen LogP contribution in [-0.2, 0) is 16.1 Å². The summed E-state index contributed by atoms with van der Waals surface area (Å²) < 4.78 is 14.9. The lowest BCUT2D eigenvalue weighted by molar-refractivity contribution is -0.122. The first-order valence-corrected chi connectivity index (χ1v) is 9.43. The molecule has 1 aromatic carbocycles. The van der Waals surface area contributed by atoms with Crippen molar-refractivity contribution in [1.82, 2.24) is 20.1 Å². The van der Waals surface area contributed by atoms with Gasteiger partial charge in [-0.25, -0.2) is 4.39 Å². The van der Waals surface area contributed by atoms with E-state index in [9.17, 15) is 14.0 Å². The molecule has 0 spiro atoms. The third-order valence-electron chi connectivity index (χ3n) is 3.91. The van der Waals surface area contributed by atoms with Crippen molar-refractivity contribution in [2.45, 2.75) is 37.4 Å². The van der Waals surface area contributed by atoms with Gasteiger partial charge in [-0.1, -0.05) is 11.8 Å². The highest BCUT2D eigenvalue weighted by Crippen LogP contribution is 2.39. The number of nitrogens with zero attached hydrogens (tertiary/aromatic N) is 3. The van der Waals surface area contributed by atoms with Gasteiger partial charge in [-0.3, -0.25) is 9.59 Å². The third kappa shape index (κ3) is 4.81. The molecule has 138 valence electrons. The minimum absolute atomic E-state index is 0.148. The molecule has 9 heteroatoms. The van der Waals surface area contributed by atoms with Crippen LogP contribution in [0.2, 0.25) is 0 Å². The van der Waals surface area contributed by atoms with Crippen LogP contribution in [0.25, 0.3) is 0 Å². The quantitative estimate of drug-likeness (QED) is 0.688. The van der Waals surface area contributed by atoms with Gasteiger partial charge in [0.2, 0.25) is 11.8 Å². The molecule has 1 saturated carbocycles. The van der Waals surface area contributed by atoms with Crippen LogP contribution in [0.5, 0.6) is 0 Å². The number of aromatic nitrogens is 3. The Morgan fingerprint density at radius 2 is 1.96 bits per heavy atom. The number of benzene rings is 1. The molecule has 1 fully saturated rings. The Hall–Kier alpha value is -2.42. The molecule has 2 N–H and O–H groups in total. The smallest absolute Gasteiger partial charge is 0.243 e. The first-order valence-electron chi connectivity index (χ1n) is 8.44. The van der Waals surface area contributed by atoms with Gasteiger partial charge in [0.05, 0.1) is 12.3 Å². The molecular formula is C17H20FN5O2S. The summed E-state index contributed by atoms with van der Waals surface area (Å²) in [5.41, 5.74) is 0.476. The second-order valence-corrected chi connectivity index (χ2v) is 6.92. The van der Waals surface area contributed by atoms with E-state index in [-0.39, 0.29) is 29.9 Å². The summed E-state index contributed by atoms with van der Waals surface area (Å²) in [6, 6.07) is 5.43. The van der Waals surface area contributed by atoms with E-state index in [1.54, 1.807) is 0 Å². The Labute approximate surface area is 154 Å². The third-order valence-corrected chi connectivity index (χ3v) is 4.88. The fourth-order valence-corrected chi connectivity index (χ4v) is 3.29. The number of carbonyl (C=O) groups excluding carboxylic acids is 2. The molecule has 26 heavy (non-hydrogen) atoms. The average molecular weight is 377 g/mol. The van der Waals surface area contributed by atoms with Crippen molar-refractivity contribution in [3.8, 4) is 0 Å². The van der Waals surface area contributed by atoms with Gasteiger partial charge in [-0.2, -0.15) is 0 Å². The molecule has 0 bridgehead atoms. The fourth-order valence-electron chi connectivity index (χ4n) is 2.45. The van der Waals surface area contributed by atoms with Crippen LogP contribution in [0.1, 0.15) is 31.5 Å². The van der Waals surface area contributed by atoms with Crippen molar-refractivity contribution >= 4 is 29.3 Å². The molecule has 1 aliphatic carbocycles. The van der Waals surface area contributed by atoms with E-state index in [0.717, 1.165) is 30.4 Å². The maximum atomic E-state index is 12.8. The van der Waals surface area contributed by atoms with Crippen molar-refractivity contribution < 1.29 is 14.0 Å². The van der Waals surface area contributed by atoms with Gasteiger partial charge in [-0.15, -0.1) is 10.2 Å². The lowest BCUT2D eigenvalue weighted by atomic mass is 10.3. The van der Waals surface area contributed by atoms with E-state index in [1.807, 2.05) is 11.5 Å². The first-order chi connectivity index (χ1) is 12.6. The molecule has 0 radical (unpaired) electrons. The number of rotatable bonds is 8. The molecule has 0 saturated heterocycles. The summed E-state index contributed by atoms with van der Waals surface area (Å²) in [6.07, 6.45) is 2.29. The molecule has 1 aromatic heterocycles. The zero-order valence-corrected chi connectivity index (χ0v) is 15.2. The summed E-state index contributed by atoms with van der Waals surface area (Å²) in [7, 11) is 0. The zero-order chi connectivity index (χ0) is 18.5. The monoisotopic (exact) mass is 377 g/mol. The Morgan fingerprint density at radius 1 is 1.23 bits per heavy atom. The number of hydrogen-bond acceptors (Lipinski definition) is 5. The Balaban J connectivity index is 1.43. The van der Waals surface area contributed by atoms with Crippen molar-refractivity contribution in [2.75, 3.05) is 17.6 Å². The van der Waals surface area contributed by atoms with Crippen molar-refractivity contribution in [3.05, 3.63) is 35.9 Å². The molecule has 7 nitrogen and oxygen atoms in total. The molecule has 1 aliphatic rings. The van der Waals surface area contributed by atoms with Crippen molar-refractivity contribution in [3.63, 3.8) is 0 Å². The van der Waals surface area contributed by atoms with Crippen LogP contribution in [0.15, 0.2) is 29.4 Å². The average Bonchev–Trinajstić information content (AvgIpc) is 3.40.